The smallest absolute Gasteiger partial charge is 0.223 e. The average Bonchev–Trinajstić information content (AvgIpc) is 2.14. The quantitative estimate of drug-likeness (QED) is 0.697. The van der Waals surface area contributed by atoms with Gasteiger partial charge in [-0.05, 0) is 13.0 Å². The third-order valence-electron chi connectivity index (χ3n) is 4.39. The topological polar surface area (TPSA) is 26.8 Å². The molecule has 4 nitrogen and oxygen atoms in total. The molecule has 0 bridgehead atoms. The first-order valence-electron chi connectivity index (χ1n) is 6.75. The van der Waals surface area contributed by atoms with Gasteiger partial charge in [0.25, 0.3) is 0 Å². The maximum absolute atomic E-state index is 11.8. The maximum Gasteiger partial charge on any atom is 0.223 e. The van der Waals surface area contributed by atoms with Crippen LogP contribution in [0.15, 0.2) is 0 Å². The molecule has 3 aliphatic heterocycles. The van der Waals surface area contributed by atoms with Gasteiger partial charge in [-0.1, -0.05) is 6.92 Å². The molecule has 3 heterocycles. The van der Waals surface area contributed by atoms with Crippen LogP contribution in [0.5, 0.6) is 0 Å². The van der Waals surface area contributed by atoms with E-state index in [1.54, 1.807) is 0 Å². The molecule has 4 heteroatoms. The van der Waals surface area contributed by atoms with Gasteiger partial charge in [-0.15, -0.1) is 0 Å². The van der Waals surface area contributed by atoms with Gasteiger partial charge >= 0.3 is 0 Å². The maximum atomic E-state index is 11.8. The molecule has 1 amide bonds. The lowest BCUT2D eigenvalue weighted by Crippen LogP contribution is -2.71. The second-order valence-corrected chi connectivity index (χ2v) is 6.54. The van der Waals surface area contributed by atoms with Crippen LogP contribution in [0.2, 0.25) is 0 Å². The summed E-state index contributed by atoms with van der Waals surface area (Å²) in [5, 5.41) is 0. The Kier molecular flexibility index (Phi) is 2.67. The Labute approximate surface area is 104 Å². The van der Waals surface area contributed by atoms with Gasteiger partial charge in [0.15, 0.2) is 0 Å². The zero-order valence-electron chi connectivity index (χ0n) is 11.0. The van der Waals surface area contributed by atoms with Crippen molar-refractivity contribution in [2.45, 2.75) is 13.3 Å². The molecule has 3 aliphatic rings. The predicted molar refractivity (Wildman–Crippen MR) is 66.7 cm³/mol. The molecule has 0 aromatic heterocycles. The Hall–Kier alpha value is -0.610. The monoisotopic (exact) mass is 237 g/mol. The molecule has 0 aromatic carbocycles. The average molecular weight is 237 g/mol. The van der Waals surface area contributed by atoms with Crippen LogP contribution in [0.4, 0.5) is 0 Å². The number of carbonyl (C=O) groups excluding carboxylic acids is 1. The number of amides is 1. The molecule has 0 saturated carbocycles. The minimum absolute atomic E-state index is 0.356. The van der Waals surface area contributed by atoms with Gasteiger partial charge in [0, 0.05) is 57.6 Å². The molecule has 3 fully saturated rings. The molecule has 0 radical (unpaired) electrons. The Morgan fingerprint density at radius 1 is 1.24 bits per heavy atom. The van der Waals surface area contributed by atoms with Crippen LogP contribution in [0.1, 0.15) is 13.3 Å². The predicted octanol–water partition coefficient (Wildman–Crippen LogP) is 0.102. The molecule has 1 spiro atoms. The number of hydrogen-bond acceptors (Lipinski definition) is 3. The van der Waals surface area contributed by atoms with E-state index in [0.717, 1.165) is 32.0 Å². The van der Waals surface area contributed by atoms with Gasteiger partial charge in [-0.3, -0.25) is 4.79 Å². The number of hydrogen-bond donors (Lipinski definition) is 0. The third kappa shape index (κ3) is 2.08. The van der Waals surface area contributed by atoms with Crippen LogP contribution in [0, 0.1) is 11.3 Å². The first-order valence-corrected chi connectivity index (χ1v) is 6.75. The summed E-state index contributed by atoms with van der Waals surface area (Å²) in [5.41, 5.74) is 0.600. The molecule has 0 N–H and O–H groups in total. The van der Waals surface area contributed by atoms with Crippen molar-refractivity contribution in [2.24, 2.45) is 11.3 Å². The highest BCUT2D eigenvalue weighted by Gasteiger charge is 2.49. The summed E-state index contributed by atoms with van der Waals surface area (Å²) in [4.78, 5) is 18.6. The SMILES string of the molecule is CC1CN(C(=O)CCN2CC3(CN(C)C3)C2)C1. The summed E-state index contributed by atoms with van der Waals surface area (Å²) >= 11 is 0. The molecule has 0 aromatic rings. The van der Waals surface area contributed by atoms with Gasteiger partial charge in [-0.2, -0.15) is 0 Å². The fraction of sp³-hybridized carbons (Fsp3) is 0.923. The first kappa shape index (κ1) is 11.5. The number of rotatable bonds is 3. The normalized spacial score (nSPS) is 28.7. The van der Waals surface area contributed by atoms with Crippen LogP contribution in [-0.2, 0) is 4.79 Å². The zero-order valence-corrected chi connectivity index (χ0v) is 11.0. The van der Waals surface area contributed by atoms with Crippen molar-refractivity contribution in [2.75, 3.05) is 52.9 Å². The molecule has 3 rings (SSSR count). The van der Waals surface area contributed by atoms with Crippen molar-refractivity contribution in [3.63, 3.8) is 0 Å². The zero-order chi connectivity index (χ0) is 12.0. The Morgan fingerprint density at radius 3 is 2.41 bits per heavy atom. The molecule has 96 valence electrons. The highest BCUT2D eigenvalue weighted by Crippen LogP contribution is 2.38. The van der Waals surface area contributed by atoms with Gasteiger partial charge in [0.1, 0.15) is 0 Å². The van der Waals surface area contributed by atoms with E-state index in [2.05, 4.69) is 23.8 Å². The van der Waals surface area contributed by atoms with Crippen molar-refractivity contribution in [3.8, 4) is 0 Å². The van der Waals surface area contributed by atoms with E-state index in [1.807, 2.05) is 4.90 Å². The Morgan fingerprint density at radius 2 is 1.88 bits per heavy atom. The van der Waals surface area contributed by atoms with Crippen molar-refractivity contribution < 1.29 is 4.79 Å². The van der Waals surface area contributed by atoms with Crippen molar-refractivity contribution in [3.05, 3.63) is 0 Å². The van der Waals surface area contributed by atoms with Crippen LogP contribution in [-0.4, -0.2) is 73.5 Å². The van der Waals surface area contributed by atoms with Crippen molar-refractivity contribution in [1.29, 1.82) is 0 Å². The second-order valence-electron chi connectivity index (χ2n) is 6.54. The van der Waals surface area contributed by atoms with E-state index in [9.17, 15) is 4.79 Å². The van der Waals surface area contributed by atoms with E-state index in [1.165, 1.54) is 26.2 Å². The van der Waals surface area contributed by atoms with E-state index in [-0.39, 0.29) is 0 Å². The molecule has 0 unspecified atom stereocenters. The van der Waals surface area contributed by atoms with Gasteiger partial charge in [0.05, 0.1) is 0 Å². The van der Waals surface area contributed by atoms with E-state index >= 15 is 0 Å². The number of carbonyl (C=O) groups is 1. The Balaban J connectivity index is 1.33. The van der Waals surface area contributed by atoms with Crippen LogP contribution in [0.3, 0.4) is 0 Å². The van der Waals surface area contributed by atoms with E-state index in [0.29, 0.717) is 11.3 Å². The molecule has 0 aliphatic carbocycles. The highest BCUT2D eigenvalue weighted by atomic mass is 16.2. The number of likely N-dealkylation sites (tertiary alicyclic amines) is 3. The largest absolute Gasteiger partial charge is 0.342 e. The van der Waals surface area contributed by atoms with Crippen molar-refractivity contribution >= 4 is 5.91 Å². The standard InChI is InChI=1S/C13H23N3O/c1-11-5-16(6-11)12(17)3-4-15-9-13(10-15)7-14(2)8-13/h11H,3-10H2,1-2H3. The minimum Gasteiger partial charge on any atom is -0.342 e. The summed E-state index contributed by atoms with van der Waals surface area (Å²) < 4.78 is 0. The molecular formula is C13H23N3O. The Bertz CT molecular complexity index is 311. The summed E-state index contributed by atoms with van der Waals surface area (Å²) in [6, 6.07) is 0. The molecule has 0 atom stereocenters. The lowest BCUT2D eigenvalue weighted by molar-refractivity contribution is -0.140. The molecule has 17 heavy (non-hydrogen) atoms. The minimum atomic E-state index is 0.356. The van der Waals surface area contributed by atoms with Crippen LogP contribution < -0.4 is 0 Å². The first-order chi connectivity index (χ1) is 8.06. The fourth-order valence-electron chi connectivity index (χ4n) is 3.67. The molecular weight excluding hydrogens is 214 g/mol. The number of nitrogens with zero attached hydrogens (tertiary/aromatic N) is 3. The highest BCUT2D eigenvalue weighted by molar-refractivity contribution is 5.77. The van der Waals surface area contributed by atoms with Gasteiger partial charge in [0.2, 0.25) is 5.91 Å². The lowest BCUT2D eigenvalue weighted by Gasteiger charge is -2.59. The van der Waals surface area contributed by atoms with Crippen LogP contribution >= 0.6 is 0 Å². The van der Waals surface area contributed by atoms with Gasteiger partial charge in [-0.25, -0.2) is 0 Å². The second kappa shape index (κ2) is 3.95. The van der Waals surface area contributed by atoms with Crippen molar-refractivity contribution in [1.82, 2.24) is 14.7 Å². The summed E-state index contributed by atoms with van der Waals surface area (Å²) in [6.45, 7) is 10.1. The third-order valence-corrected chi connectivity index (χ3v) is 4.39. The fourth-order valence-corrected chi connectivity index (χ4v) is 3.67. The van der Waals surface area contributed by atoms with Crippen LogP contribution in [0.25, 0.3) is 0 Å². The summed E-state index contributed by atoms with van der Waals surface area (Å²) in [6.07, 6.45) is 0.721. The molecule has 3 saturated heterocycles. The van der Waals surface area contributed by atoms with E-state index < -0.39 is 0 Å². The summed E-state index contributed by atoms with van der Waals surface area (Å²) in [7, 11) is 2.18. The lowest BCUT2D eigenvalue weighted by atomic mass is 9.73. The van der Waals surface area contributed by atoms with Gasteiger partial charge < -0.3 is 14.7 Å². The van der Waals surface area contributed by atoms with E-state index in [4.69, 9.17) is 0 Å². The summed E-state index contributed by atoms with van der Waals surface area (Å²) in [5.74, 6) is 1.08.